The number of pyridine rings is 2. The zero-order valence-corrected chi connectivity index (χ0v) is 14.1. The second-order valence-electron chi connectivity index (χ2n) is 5.56. The van der Waals surface area contributed by atoms with Crippen LogP contribution >= 0.6 is 0 Å². The summed E-state index contributed by atoms with van der Waals surface area (Å²) in [6.07, 6.45) is 3.16. The first kappa shape index (κ1) is 17.3. The molecule has 0 aliphatic carbocycles. The molecule has 2 amide bonds. The van der Waals surface area contributed by atoms with E-state index in [1.165, 1.54) is 0 Å². The first-order chi connectivity index (χ1) is 12.7. The lowest BCUT2D eigenvalue weighted by molar-refractivity contribution is 0.0935. The molecule has 0 spiro atoms. The van der Waals surface area contributed by atoms with Gasteiger partial charge in [-0.1, -0.05) is 36.4 Å². The zero-order valence-electron chi connectivity index (χ0n) is 14.1. The van der Waals surface area contributed by atoms with E-state index in [0.717, 1.165) is 11.1 Å². The van der Waals surface area contributed by atoms with E-state index >= 15 is 0 Å². The molecule has 1 aromatic carbocycles. The highest BCUT2D eigenvalue weighted by Gasteiger charge is 2.10. The van der Waals surface area contributed by atoms with Crippen LogP contribution in [0.3, 0.4) is 0 Å². The SMILES string of the molecule is O=C(NCc1ccccc1CNC(=O)c1ccccn1)c1ccccn1. The van der Waals surface area contributed by atoms with Gasteiger partial charge in [-0.3, -0.25) is 19.6 Å². The lowest BCUT2D eigenvalue weighted by Crippen LogP contribution is -2.27. The molecule has 26 heavy (non-hydrogen) atoms. The number of carbonyl (C=O) groups excluding carboxylic acids is 2. The van der Waals surface area contributed by atoms with Crippen molar-refractivity contribution in [3.05, 3.63) is 95.6 Å². The van der Waals surface area contributed by atoms with Gasteiger partial charge >= 0.3 is 0 Å². The van der Waals surface area contributed by atoms with Crippen molar-refractivity contribution in [3.8, 4) is 0 Å². The minimum Gasteiger partial charge on any atom is -0.347 e. The third-order valence-corrected chi connectivity index (χ3v) is 3.79. The van der Waals surface area contributed by atoms with Crippen LogP contribution in [0.4, 0.5) is 0 Å². The molecular formula is C20H18N4O2. The topological polar surface area (TPSA) is 84.0 Å². The summed E-state index contributed by atoms with van der Waals surface area (Å²) < 4.78 is 0. The Hall–Kier alpha value is -3.54. The van der Waals surface area contributed by atoms with Crippen molar-refractivity contribution < 1.29 is 9.59 Å². The van der Waals surface area contributed by atoms with Gasteiger partial charge in [0, 0.05) is 25.5 Å². The highest BCUT2D eigenvalue weighted by molar-refractivity contribution is 5.92. The molecule has 0 atom stereocenters. The number of hydrogen-bond donors (Lipinski definition) is 2. The normalized spacial score (nSPS) is 10.2. The van der Waals surface area contributed by atoms with Gasteiger partial charge in [0.15, 0.2) is 0 Å². The number of aromatic nitrogens is 2. The number of carbonyl (C=O) groups is 2. The minimum atomic E-state index is -0.238. The van der Waals surface area contributed by atoms with Crippen LogP contribution < -0.4 is 10.6 Å². The predicted molar refractivity (Wildman–Crippen MR) is 97.3 cm³/mol. The molecule has 0 unspecified atom stereocenters. The van der Waals surface area contributed by atoms with Gasteiger partial charge in [0.1, 0.15) is 11.4 Å². The summed E-state index contributed by atoms with van der Waals surface area (Å²) >= 11 is 0. The monoisotopic (exact) mass is 346 g/mol. The van der Waals surface area contributed by atoms with Crippen LogP contribution in [0.2, 0.25) is 0 Å². The smallest absolute Gasteiger partial charge is 0.270 e. The maximum Gasteiger partial charge on any atom is 0.270 e. The van der Waals surface area contributed by atoms with Gasteiger partial charge in [-0.2, -0.15) is 0 Å². The van der Waals surface area contributed by atoms with Crippen molar-refractivity contribution in [2.45, 2.75) is 13.1 Å². The quantitative estimate of drug-likeness (QED) is 0.717. The molecule has 0 aliphatic heterocycles. The molecule has 0 radical (unpaired) electrons. The molecule has 0 aliphatic rings. The Balaban J connectivity index is 1.61. The second-order valence-corrected chi connectivity index (χ2v) is 5.56. The molecule has 130 valence electrons. The van der Waals surface area contributed by atoms with E-state index in [1.54, 1.807) is 48.8 Å². The van der Waals surface area contributed by atoms with E-state index in [2.05, 4.69) is 20.6 Å². The molecule has 0 saturated heterocycles. The van der Waals surface area contributed by atoms with Gasteiger partial charge in [0.25, 0.3) is 11.8 Å². The minimum absolute atomic E-state index is 0.238. The maximum atomic E-state index is 12.1. The molecule has 6 heteroatoms. The number of nitrogens with one attached hydrogen (secondary N) is 2. The molecule has 2 N–H and O–H groups in total. The van der Waals surface area contributed by atoms with Crippen LogP contribution in [0, 0.1) is 0 Å². The van der Waals surface area contributed by atoms with Crippen LogP contribution in [-0.2, 0) is 13.1 Å². The summed E-state index contributed by atoms with van der Waals surface area (Å²) in [6, 6.07) is 18.0. The van der Waals surface area contributed by atoms with Crippen molar-refractivity contribution in [2.75, 3.05) is 0 Å². The number of nitrogens with zero attached hydrogens (tertiary/aromatic N) is 2. The first-order valence-electron chi connectivity index (χ1n) is 8.19. The van der Waals surface area contributed by atoms with Crippen molar-refractivity contribution in [3.63, 3.8) is 0 Å². The Morgan fingerprint density at radius 2 is 1.08 bits per heavy atom. The Morgan fingerprint density at radius 1 is 0.654 bits per heavy atom. The van der Waals surface area contributed by atoms with Gasteiger partial charge in [-0.25, -0.2) is 0 Å². The van der Waals surface area contributed by atoms with Crippen molar-refractivity contribution >= 4 is 11.8 Å². The van der Waals surface area contributed by atoms with E-state index in [9.17, 15) is 9.59 Å². The van der Waals surface area contributed by atoms with Crippen LogP contribution in [0.25, 0.3) is 0 Å². The number of benzene rings is 1. The Kier molecular flexibility index (Phi) is 5.67. The summed E-state index contributed by atoms with van der Waals surface area (Å²) in [5.41, 5.74) is 2.60. The molecular weight excluding hydrogens is 328 g/mol. The van der Waals surface area contributed by atoms with E-state index in [-0.39, 0.29) is 11.8 Å². The average Bonchev–Trinajstić information content (AvgIpc) is 2.72. The molecule has 2 heterocycles. The van der Waals surface area contributed by atoms with E-state index in [4.69, 9.17) is 0 Å². The van der Waals surface area contributed by atoms with Crippen LogP contribution in [0.5, 0.6) is 0 Å². The van der Waals surface area contributed by atoms with Crippen molar-refractivity contribution in [1.29, 1.82) is 0 Å². The maximum absolute atomic E-state index is 12.1. The van der Waals surface area contributed by atoms with Gasteiger partial charge in [-0.15, -0.1) is 0 Å². The zero-order chi connectivity index (χ0) is 18.2. The first-order valence-corrected chi connectivity index (χ1v) is 8.19. The van der Waals surface area contributed by atoms with Gasteiger partial charge < -0.3 is 10.6 Å². The number of rotatable bonds is 6. The molecule has 0 bridgehead atoms. The predicted octanol–water partition coefficient (Wildman–Crippen LogP) is 2.34. The molecule has 3 rings (SSSR count). The van der Waals surface area contributed by atoms with E-state index < -0.39 is 0 Å². The third kappa shape index (κ3) is 4.51. The van der Waals surface area contributed by atoms with E-state index in [0.29, 0.717) is 24.5 Å². The summed E-state index contributed by atoms with van der Waals surface area (Å²) in [7, 11) is 0. The molecule has 0 saturated carbocycles. The summed E-state index contributed by atoms with van der Waals surface area (Å²) in [4.78, 5) is 32.3. The van der Waals surface area contributed by atoms with Gasteiger partial charge in [0.2, 0.25) is 0 Å². The number of hydrogen-bond acceptors (Lipinski definition) is 4. The summed E-state index contributed by atoms with van der Waals surface area (Å²) in [5, 5.41) is 5.70. The summed E-state index contributed by atoms with van der Waals surface area (Å²) in [6.45, 7) is 0.704. The Morgan fingerprint density at radius 3 is 1.46 bits per heavy atom. The largest absolute Gasteiger partial charge is 0.347 e. The second kappa shape index (κ2) is 8.53. The van der Waals surface area contributed by atoms with Crippen molar-refractivity contribution in [2.24, 2.45) is 0 Å². The fourth-order valence-corrected chi connectivity index (χ4v) is 2.43. The molecule has 0 fully saturated rings. The lowest BCUT2D eigenvalue weighted by atomic mass is 10.1. The molecule has 2 aromatic heterocycles. The lowest BCUT2D eigenvalue weighted by Gasteiger charge is -2.11. The summed E-state index contributed by atoms with van der Waals surface area (Å²) in [5.74, 6) is -0.476. The van der Waals surface area contributed by atoms with E-state index in [1.807, 2.05) is 24.3 Å². The Bertz CT molecular complexity index is 808. The fraction of sp³-hybridized carbons (Fsp3) is 0.100. The van der Waals surface area contributed by atoms with Crippen LogP contribution in [0.15, 0.2) is 73.1 Å². The van der Waals surface area contributed by atoms with Crippen LogP contribution in [-0.4, -0.2) is 21.8 Å². The van der Waals surface area contributed by atoms with Gasteiger partial charge in [0.05, 0.1) is 0 Å². The molecule has 3 aromatic rings. The number of amides is 2. The van der Waals surface area contributed by atoms with Gasteiger partial charge in [-0.05, 0) is 35.4 Å². The standard InChI is InChI=1S/C20H18N4O2/c25-19(17-9-3-5-11-21-17)23-13-15-7-1-2-8-16(15)14-24-20(26)18-10-4-6-12-22-18/h1-12H,13-14H2,(H,23,25)(H,24,26). The average molecular weight is 346 g/mol. The van der Waals surface area contributed by atoms with Crippen LogP contribution in [0.1, 0.15) is 32.1 Å². The highest BCUT2D eigenvalue weighted by Crippen LogP contribution is 2.09. The Labute approximate surface area is 151 Å². The molecule has 6 nitrogen and oxygen atoms in total. The fourth-order valence-electron chi connectivity index (χ4n) is 2.43. The third-order valence-electron chi connectivity index (χ3n) is 3.79. The van der Waals surface area contributed by atoms with Crippen molar-refractivity contribution in [1.82, 2.24) is 20.6 Å². The highest BCUT2D eigenvalue weighted by atomic mass is 16.2.